The Hall–Kier alpha value is -1.17. The second-order valence-electron chi connectivity index (χ2n) is 2.05. The number of hydrogen-bond donors (Lipinski definition) is 0. The third-order valence-electron chi connectivity index (χ3n) is 1.10. The van der Waals surface area contributed by atoms with E-state index in [-0.39, 0.29) is 5.15 Å². The van der Waals surface area contributed by atoms with Crippen molar-refractivity contribution in [1.82, 2.24) is 9.97 Å². The van der Waals surface area contributed by atoms with Crippen molar-refractivity contribution in [2.24, 2.45) is 0 Å². The SMILES string of the molecule is O=C(c1cncc(Cl)n1)C(F)(F)F. The van der Waals surface area contributed by atoms with Gasteiger partial charge in [-0.05, 0) is 0 Å². The molecule has 0 unspecified atom stereocenters. The molecule has 0 aliphatic heterocycles. The van der Waals surface area contributed by atoms with Crippen molar-refractivity contribution in [3.8, 4) is 0 Å². The fraction of sp³-hybridized carbons (Fsp3) is 0.167. The summed E-state index contributed by atoms with van der Waals surface area (Å²) in [6.07, 6.45) is -3.20. The molecule has 13 heavy (non-hydrogen) atoms. The number of carbonyl (C=O) groups is 1. The van der Waals surface area contributed by atoms with Gasteiger partial charge in [0.25, 0.3) is 5.78 Å². The average molecular weight is 211 g/mol. The third-order valence-corrected chi connectivity index (χ3v) is 1.28. The van der Waals surface area contributed by atoms with Crippen LogP contribution < -0.4 is 0 Å². The van der Waals surface area contributed by atoms with Crippen molar-refractivity contribution < 1.29 is 18.0 Å². The van der Waals surface area contributed by atoms with Crippen LogP contribution in [0.25, 0.3) is 0 Å². The molecule has 0 aromatic carbocycles. The molecule has 0 atom stereocenters. The Kier molecular flexibility index (Phi) is 2.51. The molecule has 0 saturated heterocycles. The molecule has 0 saturated carbocycles. The first-order valence-corrected chi connectivity index (χ1v) is 3.38. The Labute approximate surface area is 75.6 Å². The molecule has 1 aromatic rings. The topological polar surface area (TPSA) is 42.9 Å². The summed E-state index contributed by atoms with van der Waals surface area (Å²) in [5.41, 5.74) is -0.806. The van der Waals surface area contributed by atoms with Crippen molar-refractivity contribution >= 4 is 17.4 Å². The van der Waals surface area contributed by atoms with Crippen LogP contribution in [0.1, 0.15) is 10.5 Å². The van der Waals surface area contributed by atoms with Gasteiger partial charge in [-0.25, -0.2) is 4.98 Å². The number of carbonyl (C=O) groups excluding carboxylic acids is 1. The molecule has 0 radical (unpaired) electrons. The molecule has 0 amide bonds. The highest BCUT2D eigenvalue weighted by atomic mass is 35.5. The Bertz CT molecular complexity index is 339. The van der Waals surface area contributed by atoms with Gasteiger partial charge in [0.2, 0.25) is 0 Å². The molecule has 1 rings (SSSR count). The zero-order chi connectivity index (χ0) is 10.1. The first-order valence-electron chi connectivity index (χ1n) is 3.00. The summed E-state index contributed by atoms with van der Waals surface area (Å²) in [5, 5.41) is -0.255. The van der Waals surface area contributed by atoms with Gasteiger partial charge < -0.3 is 0 Å². The Morgan fingerprint density at radius 1 is 1.38 bits per heavy atom. The summed E-state index contributed by atoms with van der Waals surface area (Å²) in [6.45, 7) is 0. The lowest BCUT2D eigenvalue weighted by molar-refractivity contribution is -0.0888. The van der Waals surface area contributed by atoms with Gasteiger partial charge in [-0.3, -0.25) is 9.78 Å². The minimum Gasteiger partial charge on any atom is -0.282 e. The number of ketones is 1. The molecule has 0 aliphatic carbocycles. The maximum atomic E-state index is 11.8. The van der Waals surface area contributed by atoms with E-state index in [4.69, 9.17) is 11.6 Å². The second kappa shape index (κ2) is 3.29. The molecule has 70 valence electrons. The van der Waals surface area contributed by atoms with Crippen LogP contribution in [-0.2, 0) is 0 Å². The fourth-order valence-electron chi connectivity index (χ4n) is 0.597. The minimum atomic E-state index is -4.95. The Balaban J connectivity index is 3.03. The van der Waals surface area contributed by atoms with Crippen LogP contribution in [0.15, 0.2) is 12.4 Å². The lowest BCUT2D eigenvalue weighted by Gasteiger charge is -2.02. The summed E-state index contributed by atoms with van der Waals surface area (Å²) >= 11 is 5.25. The van der Waals surface area contributed by atoms with Gasteiger partial charge in [-0.1, -0.05) is 11.6 Å². The number of alkyl halides is 3. The van der Waals surface area contributed by atoms with E-state index in [9.17, 15) is 18.0 Å². The van der Waals surface area contributed by atoms with E-state index in [0.717, 1.165) is 6.20 Å². The van der Waals surface area contributed by atoms with Crippen LogP contribution in [0.4, 0.5) is 13.2 Å². The first kappa shape index (κ1) is 9.91. The van der Waals surface area contributed by atoms with E-state index in [1.807, 2.05) is 0 Å². The Morgan fingerprint density at radius 2 is 2.00 bits per heavy atom. The molecule has 7 heteroatoms. The number of hydrogen-bond acceptors (Lipinski definition) is 3. The monoisotopic (exact) mass is 210 g/mol. The summed E-state index contributed by atoms with van der Waals surface area (Å²) in [4.78, 5) is 17.0. The lowest BCUT2D eigenvalue weighted by atomic mass is 10.3. The zero-order valence-corrected chi connectivity index (χ0v) is 6.73. The maximum absolute atomic E-state index is 11.8. The van der Waals surface area contributed by atoms with Gasteiger partial charge >= 0.3 is 6.18 Å². The van der Waals surface area contributed by atoms with Crippen molar-refractivity contribution in [3.05, 3.63) is 23.2 Å². The van der Waals surface area contributed by atoms with Gasteiger partial charge in [0.15, 0.2) is 0 Å². The number of Topliss-reactive ketones (excluding diaryl/α,β-unsaturated/α-hetero) is 1. The van der Waals surface area contributed by atoms with Crippen molar-refractivity contribution in [2.75, 3.05) is 0 Å². The molecule has 0 spiro atoms. The normalized spacial score (nSPS) is 11.4. The van der Waals surface area contributed by atoms with Crippen LogP contribution >= 0.6 is 11.6 Å². The largest absolute Gasteiger partial charge is 0.456 e. The van der Waals surface area contributed by atoms with Crippen molar-refractivity contribution in [2.45, 2.75) is 6.18 Å². The van der Waals surface area contributed by atoms with Gasteiger partial charge in [-0.15, -0.1) is 0 Å². The second-order valence-corrected chi connectivity index (χ2v) is 2.44. The van der Waals surface area contributed by atoms with Gasteiger partial charge in [0, 0.05) is 0 Å². The van der Waals surface area contributed by atoms with Crippen molar-refractivity contribution in [3.63, 3.8) is 0 Å². The molecule has 1 heterocycles. The number of nitrogens with zero attached hydrogens (tertiary/aromatic N) is 2. The predicted molar refractivity (Wildman–Crippen MR) is 37.4 cm³/mol. The van der Waals surface area contributed by atoms with E-state index < -0.39 is 17.7 Å². The van der Waals surface area contributed by atoms with E-state index in [2.05, 4.69) is 9.97 Å². The van der Waals surface area contributed by atoms with E-state index >= 15 is 0 Å². The van der Waals surface area contributed by atoms with Gasteiger partial charge in [-0.2, -0.15) is 13.2 Å². The standard InChI is InChI=1S/C6H2ClF3N2O/c7-4-2-11-1-3(12-4)5(13)6(8,9)10/h1-2H. The Morgan fingerprint density at radius 3 is 2.46 bits per heavy atom. The summed E-state index contributed by atoms with van der Waals surface area (Å²) in [7, 11) is 0. The lowest BCUT2D eigenvalue weighted by Crippen LogP contribution is -2.23. The average Bonchev–Trinajstić information content (AvgIpc) is 2.01. The molecule has 3 nitrogen and oxygen atoms in total. The smallest absolute Gasteiger partial charge is 0.282 e. The van der Waals surface area contributed by atoms with E-state index in [0.29, 0.717) is 6.20 Å². The minimum absolute atomic E-state index is 0.255. The van der Waals surface area contributed by atoms with Crippen molar-refractivity contribution in [1.29, 1.82) is 0 Å². The highest BCUT2D eigenvalue weighted by Gasteiger charge is 2.40. The number of rotatable bonds is 1. The fourth-order valence-corrected chi connectivity index (χ4v) is 0.744. The van der Waals surface area contributed by atoms with Crippen LogP contribution in [0, 0.1) is 0 Å². The highest BCUT2D eigenvalue weighted by molar-refractivity contribution is 6.29. The first-order chi connectivity index (χ1) is 5.91. The molecular weight excluding hydrogens is 209 g/mol. The third kappa shape index (κ3) is 2.38. The van der Waals surface area contributed by atoms with Gasteiger partial charge in [0.1, 0.15) is 10.8 Å². The maximum Gasteiger partial charge on any atom is 0.456 e. The molecule has 0 bridgehead atoms. The van der Waals surface area contributed by atoms with E-state index in [1.54, 1.807) is 0 Å². The molecule has 0 fully saturated rings. The van der Waals surface area contributed by atoms with Crippen LogP contribution in [0.2, 0.25) is 5.15 Å². The summed E-state index contributed by atoms with van der Waals surface area (Å²) in [5.74, 6) is -2.05. The van der Waals surface area contributed by atoms with Crippen LogP contribution in [-0.4, -0.2) is 21.9 Å². The van der Waals surface area contributed by atoms with Crippen LogP contribution in [0.5, 0.6) is 0 Å². The number of aromatic nitrogens is 2. The molecular formula is C6H2ClF3N2O. The van der Waals surface area contributed by atoms with Crippen LogP contribution in [0.3, 0.4) is 0 Å². The molecule has 1 aromatic heterocycles. The highest BCUT2D eigenvalue weighted by Crippen LogP contribution is 2.20. The zero-order valence-electron chi connectivity index (χ0n) is 5.97. The molecule has 0 N–H and O–H groups in total. The summed E-state index contributed by atoms with van der Waals surface area (Å²) < 4.78 is 35.4. The predicted octanol–water partition coefficient (Wildman–Crippen LogP) is 1.88. The summed E-state index contributed by atoms with van der Waals surface area (Å²) in [6, 6.07) is 0. The quantitative estimate of drug-likeness (QED) is 0.665. The number of halogens is 4. The van der Waals surface area contributed by atoms with Gasteiger partial charge in [0.05, 0.1) is 12.4 Å². The molecule has 0 aliphatic rings. The van der Waals surface area contributed by atoms with E-state index in [1.165, 1.54) is 0 Å².